The number of rotatable bonds is 2. The van der Waals surface area contributed by atoms with Crippen molar-refractivity contribution in [2.24, 2.45) is 12.0 Å². The molecule has 0 aromatic carbocycles. The topological polar surface area (TPSA) is 50.4 Å². The first-order valence-electron chi connectivity index (χ1n) is 5.82. The van der Waals surface area contributed by atoms with Crippen molar-refractivity contribution in [1.82, 2.24) is 9.78 Å². The van der Waals surface area contributed by atoms with Crippen LogP contribution in [0.5, 0.6) is 0 Å². The molecule has 2 rings (SSSR count). The Kier molecular flexibility index (Phi) is 4.67. The standard InChI is InChI=1S/C12H11ClF3N3OS/c1-19-5-8(13)9(18-19)6-21-11-3-2-7(20)4-10(17-11)12(14,15)16/h2,4-5,20H,3,6H2,1H3. The molecule has 1 aliphatic rings. The first-order chi connectivity index (χ1) is 9.75. The fraction of sp³-hybridized carbons (Fsp3) is 0.333. The van der Waals surface area contributed by atoms with E-state index in [2.05, 4.69) is 10.1 Å². The molecule has 0 bridgehead atoms. The molecule has 0 saturated carbocycles. The molecule has 2 heterocycles. The van der Waals surface area contributed by atoms with E-state index >= 15 is 0 Å². The van der Waals surface area contributed by atoms with Gasteiger partial charge in [0.05, 0.1) is 15.8 Å². The summed E-state index contributed by atoms with van der Waals surface area (Å²) in [4.78, 5) is 3.57. The second-order valence-electron chi connectivity index (χ2n) is 4.25. The van der Waals surface area contributed by atoms with Crippen LogP contribution in [0.2, 0.25) is 5.02 Å². The zero-order valence-electron chi connectivity index (χ0n) is 10.9. The van der Waals surface area contributed by atoms with Gasteiger partial charge in [-0.25, -0.2) is 4.99 Å². The number of thioether (sulfide) groups is 1. The molecule has 9 heteroatoms. The Bertz CT molecular complexity index is 634. The maximum Gasteiger partial charge on any atom is 0.433 e. The van der Waals surface area contributed by atoms with Crippen LogP contribution < -0.4 is 0 Å². The van der Waals surface area contributed by atoms with E-state index in [0.717, 1.165) is 11.8 Å². The van der Waals surface area contributed by atoms with E-state index in [1.54, 1.807) is 13.2 Å². The fourth-order valence-corrected chi connectivity index (χ4v) is 2.80. The van der Waals surface area contributed by atoms with Gasteiger partial charge in [-0.15, -0.1) is 11.8 Å². The van der Waals surface area contributed by atoms with Gasteiger partial charge >= 0.3 is 6.18 Å². The largest absolute Gasteiger partial charge is 0.508 e. The highest BCUT2D eigenvalue weighted by Crippen LogP contribution is 2.31. The van der Waals surface area contributed by atoms with Crippen molar-refractivity contribution in [2.45, 2.75) is 18.3 Å². The van der Waals surface area contributed by atoms with Crippen molar-refractivity contribution in [2.75, 3.05) is 0 Å². The van der Waals surface area contributed by atoms with E-state index in [0.29, 0.717) is 22.5 Å². The number of hydrogen-bond acceptors (Lipinski definition) is 4. The number of aliphatic hydroxyl groups excluding tert-OH is 1. The quantitative estimate of drug-likeness (QED) is 0.887. The van der Waals surface area contributed by atoms with Gasteiger partial charge in [-0.1, -0.05) is 11.6 Å². The average molecular weight is 338 g/mol. The summed E-state index contributed by atoms with van der Waals surface area (Å²) in [6, 6.07) is 0. The lowest BCUT2D eigenvalue weighted by Gasteiger charge is -2.07. The van der Waals surface area contributed by atoms with Crippen LogP contribution in [-0.4, -0.2) is 26.1 Å². The number of aryl methyl sites for hydroxylation is 1. The number of halogens is 4. The van der Waals surface area contributed by atoms with Gasteiger partial charge in [-0.05, 0) is 6.08 Å². The lowest BCUT2D eigenvalue weighted by Crippen LogP contribution is -2.11. The number of hydrogen-bond donors (Lipinski definition) is 1. The highest BCUT2D eigenvalue weighted by molar-refractivity contribution is 8.13. The van der Waals surface area contributed by atoms with Gasteiger partial charge in [0, 0.05) is 31.5 Å². The van der Waals surface area contributed by atoms with E-state index in [4.69, 9.17) is 11.6 Å². The SMILES string of the molecule is Cn1cc(Cl)c(CSC2=NC(C(F)(F)F)=CC(O)=CC2)n1. The lowest BCUT2D eigenvalue weighted by atomic mass is 10.3. The van der Waals surface area contributed by atoms with Gasteiger partial charge in [-0.3, -0.25) is 4.68 Å². The summed E-state index contributed by atoms with van der Waals surface area (Å²) in [6.07, 6.45) is -0.983. The van der Waals surface area contributed by atoms with E-state index in [-0.39, 0.29) is 11.5 Å². The molecule has 1 aromatic heterocycles. The first-order valence-corrected chi connectivity index (χ1v) is 7.18. The van der Waals surface area contributed by atoms with Crippen LogP contribution in [0.4, 0.5) is 13.2 Å². The third kappa shape index (κ3) is 4.28. The van der Waals surface area contributed by atoms with Crippen LogP contribution in [0.3, 0.4) is 0 Å². The summed E-state index contributed by atoms with van der Waals surface area (Å²) >= 11 is 7.05. The number of nitrogens with zero attached hydrogens (tertiary/aromatic N) is 3. The summed E-state index contributed by atoms with van der Waals surface area (Å²) in [5.74, 6) is -0.143. The van der Waals surface area contributed by atoms with Crippen LogP contribution in [0.25, 0.3) is 0 Å². The maximum absolute atomic E-state index is 12.7. The van der Waals surface area contributed by atoms with E-state index < -0.39 is 17.6 Å². The maximum atomic E-state index is 12.7. The van der Waals surface area contributed by atoms with E-state index in [1.165, 1.54) is 10.8 Å². The Morgan fingerprint density at radius 3 is 2.76 bits per heavy atom. The molecule has 0 atom stereocenters. The Labute approximate surface area is 128 Å². The molecular weight excluding hydrogens is 327 g/mol. The van der Waals surface area contributed by atoms with Gasteiger partial charge in [0.1, 0.15) is 11.5 Å². The van der Waals surface area contributed by atoms with E-state index in [9.17, 15) is 18.3 Å². The molecule has 21 heavy (non-hydrogen) atoms. The zero-order valence-corrected chi connectivity index (χ0v) is 12.4. The number of alkyl halides is 3. The fourth-order valence-electron chi connectivity index (χ4n) is 1.59. The summed E-state index contributed by atoms with van der Waals surface area (Å²) in [5.41, 5.74) is -0.551. The lowest BCUT2D eigenvalue weighted by molar-refractivity contribution is -0.0924. The smallest absolute Gasteiger partial charge is 0.433 e. The molecule has 0 fully saturated rings. The molecule has 0 unspecified atom stereocenters. The molecule has 114 valence electrons. The van der Waals surface area contributed by atoms with Crippen molar-refractivity contribution in [3.8, 4) is 0 Å². The summed E-state index contributed by atoms with van der Waals surface area (Å²) in [7, 11) is 1.70. The molecule has 1 aromatic rings. The highest BCUT2D eigenvalue weighted by atomic mass is 35.5. The number of aromatic nitrogens is 2. The third-order valence-corrected chi connectivity index (χ3v) is 3.86. The molecular formula is C12H11ClF3N3OS. The van der Waals surface area contributed by atoms with Gasteiger partial charge in [-0.2, -0.15) is 18.3 Å². The van der Waals surface area contributed by atoms with Crippen LogP contribution in [-0.2, 0) is 12.8 Å². The minimum Gasteiger partial charge on any atom is -0.508 e. The molecule has 0 spiro atoms. The Morgan fingerprint density at radius 2 is 2.19 bits per heavy atom. The monoisotopic (exact) mass is 337 g/mol. The zero-order chi connectivity index (χ0) is 15.6. The Hall–Kier alpha value is -1.41. The van der Waals surface area contributed by atoms with Crippen LogP contribution in [0.1, 0.15) is 12.1 Å². The average Bonchev–Trinajstić information content (AvgIpc) is 2.57. The van der Waals surface area contributed by atoms with Crippen molar-refractivity contribution in [3.05, 3.63) is 40.5 Å². The van der Waals surface area contributed by atoms with Gasteiger partial charge in [0.15, 0.2) is 0 Å². The van der Waals surface area contributed by atoms with Gasteiger partial charge in [0.2, 0.25) is 0 Å². The molecule has 0 radical (unpaired) electrons. The minimum absolute atomic E-state index is 0.122. The number of allylic oxidation sites excluding steroid dienone is 3. The summed E-state index contributed by atoms with van der Waals surface area (Å²) in [6.45, 7) is 0. The van der Waals surface area contributed by atoms with Crippen molar-refractivity contribution in [3.63, 3.8) is 0 Å². The molecule has 0 aliphatic carbocycles. The Morgan fingerprint density at radius 1 is 1.48 bits per heavy atom. The van der Waals surface area contributed by atoms with Crippen molar-refractivity contribution < 1.29 is 18.3 Å². The minimum atomic E-state index is -4.61. The summed E-state index contributed by atoms with van der Waals surface area (Å²) < 4.78 is 39.7. The van der Waals surface area contributed by atoms with Gasteiger partial charge < -0.3 is 5.11 Å². The summed E-state index contributed by atoms with van der Waals surface area (Å²) in [5, 5.41) is 14.1. The van der Waals surface area contributed by atoms with Crippen LogP contribution >= 0.6 is 23.4 Å². The van der Waals surface area contributed by atoms with E-state index in [1.807, 2.05) is 0 Å². The Balaban J connectivity index is 2.14. The molecule has 1 N–H and O–H groups in total. The van der Waals surface area contributed by atoms with Crippen LogP contribution in [0, 0.1) is 0 Å². The molecule has 0 saturated heterocycles. The molecule has 1 aliphatic heterocycles. The first kappa shape index (κ1) is 16.0. The van der Waals surface area contributed by atoms with Crippen molar-refractivity contribution in [1.29, 1.82) is 0 Å². The highest BCUT2D eigenvalue weighted by Gasteiger charge is 2.35. The van der Waals surface area contributed by atoms with Gasteiger partial charge in [0.25, 0.3) is 0 Å². The number of aliphatic hydroxyl groups is 1. The van der Waals surface area contributed by atoms with Crippen molar-refractivity contribution >= 4 is 28.4 Å². The second-order valence-corrected chi connectivity index (χ2v) is 5.71. The van der Waals surface area contributed by atoms with Crippen LogP contribution in [0.15, 0.2) is 34.8 Å². The number of aliphatic imine (C=N–C) groups is 1. The normalized spacial score (nSPS) is 16.1. The third-order valence-electron chi connectivity index (χ3n) is 2.54. The predicted octanol–water partition coefficient (Wildman–Crippen LogP) is 4.00. The second kappa shape index (κ2) is 6.15. The molecule has 4 nitrogen and oxygen atoms in total. The molecule has 0 amide bonds. The predicted molar refractivity (Wildman–Crippen MR) is 76.4 cm³/mol.